The topological polar surface area (TPSA) is 90.1 Å². The number of hydrogen-bond acceptors (Lipinski definition) is 6. The van der Waals surface area contributed by atoms with Crippen LogP contribution in [-0.4, -0.2) is 27.1 Å². The molecule has 1 atom stereocenters. The first-order valence-corrected chi connectivity index (χ1v) is 10.6. The Morgan fingerprint density at radius 3 is 2.79 bits per heavy atom. The van der Waals surface area contributed by atoms with Crippen molar-refractivity contribution < 1.29 is 14.1 Å². The minimum absolute atomic E-state index is 0.200. The van der Waals surface area contributed by atoms with Gasteiger partial charge in [-0.15, -0.1) is 0 Å². The Morgan fingerprint density at radius 1 is 0.970 bits per heavy atom. The highest BCUT2D eigenvalue weighted by atomic mass is 16.5. The van der Waals surface area contributed by atoms with E-state index in [2.05, 4.69) is 20.4 Å². The Morgan fingerprint density at radius 2 is 1.85 bits per heavy atom. The molecule has 3 heterocycles. The molecule has 1 aliphatic heterocycles. The number of amides is 1. The van der Waals surface area contributed by atoms with Gasteiger partial charge in [0.15, 0.2) is 6.10 Å². The van der Waals surface area contributed by atoms with E-state index in [-0.39, 0.29) is 5.91 Å². The number of rotatable bonds is 4. The minimum Gasteiger partial charge on any atom is -0.480 e. The maximum atomic E-state index is 12.7. The van der Waals surface area contributed by atoms with E-state index in [9.17, 15) is 4.79 Å². The highest BCUT2D eigenvalue weighted by molar-refractivity contribution is 5.96. The molecule has 1 aliphatic rings. The van der Waals surface area contributed by atoms with E-state index in [4.69, 9.17) is 9.26 Å². The van der Waals surface area contributed by atoms with E-state index in [0.717, 1.165) is 22.1 Å². The van der Waals surface area contributed by atoms with Crippen molar-refractivity contribution in [1.82, 2.24) is 15.1 Å². The molecular formula is C26H18N4O3. The van der Waals surface area contributed by atoms with Crippen LogP contribution in [0.5, 0.6) is 5.75 Å². The number of nitrogens with one attached hydrogen (secondary N) is 1. The largest absolute Gasteiger partial charge is 0.480 e. The lowest BCUT2D eigenvalue weighted by molar-refractivity contribution is -0.122. The molecule has 5 aromatic rings. The normalized spacial score (nSPS) is 14.6. The summed E-state index contributed by atoms with van der Waals surface area (Å²) in [5.74, 6) is 1.31. The second-order valence-corrected chi connectivity index (χ2v) is 7.79. The van der Waals surface area contributed by atoms with Crippen molar-refractivity contribution in [2.45, 2.75) is 12.5 Å². The van der Waals surface area contributed by atoms with Gasteiger partial charge in [0, 0.05) is 29.3 Å². The zero-order valence-electron chi connectivity index (χ0n) is 17.4. The second-order valence-electron chi connectivity index (χ2n) is 7.79. The van der Waals surface area contributed by atoms with Gasteiger partial charge < -0.3 is 14.6 Å². The molecule has 0 saturated heterocycles. The molecule has 0 saturated carbocycles. The third-order valence-electron chi connectivity index (χ3n) is 5.63. The van der Waals surface area contributed by atoms with Gasteiger partial charge in [-0.3, -0.25) is 9.78 Å². The summed E-state index contributed by atoms with van der Waals surface area (Å²) >= 11 is 0. The molecule has 1 N–H and O–H groups in total. The summed E-state index contributed by atoms with van der Waals surface area (Å²) in [6.45, 7) is 0. The van der Waals surface area contributed by atoms with Gasteiger partial charge in [-0.05, 0) is 41.3 Å². The number of pyridine rings is 1. The van der Waals surface area contributed by atoms with E-state index in [1.807, 2.05) is 72.8 Å². The minimum atomic E-state index is -0.557. The van der Waals surface area contributed by atoms with Gasteiger partial charge in [0.2, 0.25) is 5.82 Å². The van der Waals surface area contributed by atoms with Crippen molar-refractivity contribution in [1.29, 1.82) is 0 Å². The van der Waals surface area contributed by atoms with Crippen LogP contribution in [0.2, 0.25) is 0 Å². The fourth-order valence-corrected chi connectivity index (χ4v) is 4.02. The average Bonchev–Trinajstić information content (AvgIpc) is 3.52. The number of nitrogens with zero attached hydrogens (tertiary/aromatic N) is 3. The lowest BCUT2D eigenvalue weighted by atomic mass is 10.1. The number of carbonyl (C=O) groups is 1. The van der Waals surface area contributed by atoms with Crippen LogP contribution >= 0.6 is 0 Å². The first-order chi connectivity index (χ1) is 16.2. The van der Waals surface area contributed by atoms with Crippen molar-refractivity contribution >= 4 is 22.4 Å². The molecule has 160 valence electrons. The molecule has 6 rings (SSSR count). The zero-order valence-corrected chi connectivity index (χ0v) is 17.4. The maximum Gasteiger partial charge on any atom is 0.265 e. The summed E-state index contributed by atoms with van der Waals surface area (Å²) in [5.41, 5.74) is 3.01. The first kappa shape index (κ1) is 19.2. The highest BCUT2D eigenvalue weighted by Crippen LogP contribution is 2.30. The molecule has 2 aromatic heterocycles. The van der Waals surface area contributed by atoms with Gasteiger partial charge in [-0.1, -0.05) is 53.7 Å². The molecular weight excluding hydrogens is 416 g/mol. The van der Waals surface area contributed by atoms with Crippen molar-refractivity contribution in [3.05, 3.63) is 90.6 Å². The monoisotopic (exact) mass is 434 g/mol. The SMILES string of the molecule is O=C(Nc1cccc(-c2nc(-c3nccc4ccccc34)no2)c1)C1Cc2ccccc2O1. The Kier molecular flexibility index (Phi) is 4.58. The first-order valence-electron chi connectivity index (χ1n) is 10.6. The molecule has 3 aromatic carbocycles. The number of hydrogen-bond donors (Lipinski definition) is 1. The smallest absolute Gasteiger partial charge is 0.265 e. The van der Waals surface area contributed by atoms with Crippen LogP contribution in [-0.2, 0) is 11.2 Å². The van der Waals surface area contributed by atoms with Crippen LogP contribution < -0.4 is 10.1 Å². The third-order valence-corrected chi connectivity index (χ3v) is 5.63. The number of fused-ring (bicyclic) bond motifs is 2. The van der Waals surface area contributed by atoms with Gasteiger partial charge >= 0.3 is 0 Å². The highest BCUT2D eigenvalue weighted by Gasteiger charge is 2.28. The number of ether oxygens (including phenoxy) is 1. The summed E-state index contributed by atoms with van der Waals surface area (Å²) in [5, 5.41) is 9.06. The van der Waals surface area contributed by atoms with Crippen molar-refractivity contribution in [2.75, 3.05) is 5.32 Å². The number of aromatic nitrogens is 3. The predicted octanol–water partition coefficient (Wildman–Crippen LogP) is 4.89. The van der Waals surface area contributed by atoms with Crippen LogP contribution in [0, 0.1) is 0 Å². The summed E-state index contributed by atoms with van der Waals surface area (Å²) in [4.78, 5) is 21.7. The van der Waals surface area contributed by atoms with Crippen molar-refractivity contribution in [3.63, 3.8) is 0 Å². The van der Waals surface area contributed by atoms with E-state index < -0.39 is 6.10 Å². The van der Waals surface area contributed by atoms with Crippen molar-refractivity contribution in [3.8, 4) is 28.7 Å². The lowest BCUT2D eigenvalue weighted by Crippen LogP contribution is -2.31. The summed E-state index contributed by atoms with van der Waals surface area (Å²) < 4.78 is 11.3. The molecule has 1 amide bonds. The summed E-state index contributed by atoms with van der Waals surface area (Å²) in [7, 11) is 0. The van der Waals surface area contributed by atoms with E-state index in [1.165, 1.54) is 0 Å². The van der Waals surface area contributed by atoms with Gasteiger partial charge in [-0.25, -0.2) is 0 Å². The van der Waals surface area contributed by atoms with E-state index in [0.29, 0.717) is 35.1 Å². The van der Waals surface area contributed by atoms with Crippen LogP contribution in [0.25, 0.3) is 33.7 Å². The fraction of sp³-hybridized carbons (Fsp3) is 0.0769. The quantitative estimate of drug-likeness (QED) is 0.433. The van der Waals surface area contributed by atoms with Crippen LogP contribution in [0.4, 0.5) is 5.69 Å². The Labute approximate surface area is 189 Å². The molecule has 0 radical (unpaired) electrons. The van der Waals surface area contributed by atoms with E-state index >= 15 is 0 Å². The molecule has 33 heavy (non-hydrogen) atoms. The number of para-hydroxylation sites is 1. The van der Waals surface area contributed by atoms with Crippen LogP contribution in [0.3, 0.4) is 0 Å². The van der Waals surface area contributed by atoms with Crippen LogP contribution in [0.1, 0.15) is 5.56 Å². The second kappa shape index (κ2) is 7.87. The number of anilines is 1. The standard InChI is InChI=1S/C26H18N4O3/c31-25(22-15-17-7-2-4-11-21(17)32-22)28-19-9-5-8-18(14-19)26-29-24(30-33-26)23-20-10-3-1-6-16(20)12-13-27-23/h1-14,22H,15H2,(H,28,31). The number of carbonyl (C=O) groups excluding carboxylic acids is 1. The van der Waals surface area contributed by atoms with E-state index in [1.54, 1.807) is 12.3 Å². The molecule has 7 nitrogen and oxygen atoms in total. The van der Waals surface area contributed by atoms with Gasteiger partial charge in [0.25, 0.3) is 11.8 Å². The fourth-order valence-electron chi connectivity index (χ4n) is 4.02. The molecule has 0 aliphatic carbocycles. The molecule has 0 fully saturated rings. The van der Waals surface area contributed by atoms with Crippen LogP contribution in [0.15, 0.2) is 89.6 Å². The Bertz CT molecular complexity index is 1460. The molecule has 0 bridgehead atoms. The lowest BCUT2D eigenvalue weighted by Gasteiger charge is -2.11. The zero-order chi connectivity index (χ0) is 22.2. The molecule has 1 unspecified atom stereocenters. The predicted molar refractivity (Wildman–Crippen MR) is 124 cm³/mol. The Balaban J connectivity index is 1.23. The Hall–Kier alpha value is -4.52. The van der Waals surface area contributed by atoms with Gasteiger partial charge in [0.1, 0.15) is 11.4 Å². The maximum absolute atomic E-state index is 12.7. The van der Waals surface area contributed by atoms with Crippen molar-refractivity contribution in [2.24, 2.45) is 0 Å². The van der Waals surface area contributed by atoms with Gasteiger partial charge in [-0.2, -0.15) is 4.98 Å². The summed E-state index contributed by atoms with van der Waals surface area (Å²) in [6.07, 6.45) is 1.72. The third kappa shape index (κ3) is 3.59. The average molecular weight is 434 g/mol. The summed E-state index contributed by atoms with van der Waals surface area (Å²) in [6, 6.07) is 24.8. The molecule has 7 heteroatoms. The number of benzene rings is 3. The molecule has 0 spiro atoms. The van der Waals surface area contributed by atoms with Gasteiger partial charge in [0.05, 0.1) is 0 Å².